The molecule has 0 radical (unpaired) electrons. The molecule has 0 spiro atoms. The molecule has 1 saturated heterocycles. The number of hydrogen-bond acceptors (Lipinski definition) is 3. The van der Waals surface area contributed by atoms with Crippen molar-refractivity contribution in [2.45, 2.75) is 18.9 Å². The number of nitrogens with one attached hydrogen (secondary N) is 1. The van der Waals surface area contributed by atoms with Crippen LogP contribution >= 0.6 is 11.6 Å². The van der Waals surface area contributed by atoms with Crippen molar-refractivity contribution in [1.29, 1.82) is 0 Å². The van der Waals surface area contributed by atoms with Crippen LogP contribution in [0, 0.1) is 5.82 Å². The third-order valence-electron chi connectivity index (χ3n) is 4.15. The predicted octanol–water partition coefficient (Wildman–Crippen LogP) is 1.52. The van der Waals surface area contributed by atoms with E-state index in [9.17, 15) is 14.0 Å². The molecule has 1 aromatic carbocycles. The number of piperazine rings is 1. The van der Waals surface area contributed by atoms with Gasteiger partial charge in [0.2, 0.25) is 5.91 Å². The van der Waals surface area contributed by atoms with Crippen LogP contribution in [0.15, 0.2) is 18.2 Å². The molecule has 7 heteroatoms. The number of amides is 2. The Morgan fingerprint density at radius 2 is 1.91 bits per heavy atom. The first-order valence-corrected chi connectivity index (χ1v) is 8.17. The summed E-state index contributed by atoms with van der Waals surface area (Å²) in [6.45, 7) is 2.45. The molecule has 1 heterocycles. The van der Waals surface area contributed by atoms with Crippen molar-refractivity contribution in [1.82, 2.24) is 15.1 Å². The summed E-state index contributed by atoms with van der Waals surface area (Å²) < 4.78 is 13.8. The van der Waals surface area contributed by atoms with Gasteiger partial charge in [-0.2, -0.15) is 0 Å². The molecule has 2 amide bonds. The van der Waals surface area contributed by atoms with Crippen molar-refractivity contribution in [2.75, 3.05) is 32.7 Å². The topological polar surface area (TPSA) is 52.7 Å². The maximum atomic E-state index is 13.8. The summed E-state index contributed by atoms with van der Waals surface area (Å²) in [4.78, 5) is 27.8. The van der Waals surface area contributed by atoms with E-state index in [1.165, 1.54) is 18.2 Å². The van der Waals surface area contributed by atoms with Crippen LogP contribution in [0.3, 0.4) is 0 Å². The van der Waals surface area contributed by atoms with E-state index >= 15 is 0 Å². The highest BCUT2D eigenvalue weighted by Crippen LogP contribution is 2.21. The van der Waals surface area contributed by atoms with Crippen molar-refractivity contribution >= 4 is 23.4 Å². The molecule has 0 unspecified atom stereocenters. The lowest BCUT2D eigenvalue weighted by molar-refractivity contribution is -0.122. The van der Waals surface area contributed by atoms with Gasteiger partial charge in [-0.05, 0) is 25.0 Å². The molecule has 23 heavy (non-hydrogen) atoms. The Balaban J connectivity index is 1.54. The molecule has 5 nitrogen and oxygen atoms in total. The third kappa shape index (κ3) is 4.00. The minimum atomic E-state index is -0.603. The van der Waals surface area contributed by atoms with Crippen LogP contribution in [0.1, 0.15) is 23.2 Å². The van der Waals surface area contributed by atoms with E-state index in [0.29, 0.717) is 38.8 Å². The average molecular weight is 340 g/mol. The Morgan fingerprint density at radius 3 is 2.52 bits per heavy atom. The summed E-state index contributed by atoms with van der Waals surface area (Å²) in [5, 5.41) is 3.07. The van der Waals surface area contributed by atoms with Gasteiger partial charge in [0.1, 0.15) is 5.82 Å². The number of benzene rings is 1. The first kappa shape index (κ1) is 16.2. The summed E-state index contributed by atoms with van der Waals surface area (Å²) in [5.74, 6) is -0.964. The quantitative estimate of drug-likeness (QED) is 0.905. The lowest BCUT2D eigenvalue weighted by Gasteiger charge is -2.34. The maximum absolute atomic E-state index is 13.8. The minimum absolute atomic E-state index is 0.0319. The van der Waals surface area contributed by atoms with Gasteiger partial charge in [-0.25, -0.2) is 4.39 Å². The van der Waals surface area contributed by atoms with E-state index in [0.717, 1.165) is 12.8 Å². The van der Waals surface area contributed by atoms with Crippen molar-refractivity contribution in [3.8, 4) is 0 Å². The molecule has 1 aliphatic heterocycles. The van der Waals surface area contributed by atoms with E-state index in [2.05, 4.69) is 5.32 Å². The molecule has 2 aliphatic rings. The van der Waals surface area contributed by atoms with Crippen LogP contribution in [0.5, 0.6) is 0 Å². The normalized spacial score (nSPS) is 18.8. The fourth-order valence-electron chi connectivity index (χ4n) is 2.67. The fraction of sp³-hybridized carbons (Fsp3) is 0.500. The van der Waals surface area contributed by atoms with E-state index in [1.54, 1.807) is 4.90 Å². The van der Waals surface area contributed by atoms with Crippen LogP contribution < -0.4 is 5.32 Å². The zero-order valence-corrected chi connectivity index (χ0v) is 13.5. The Morgan fingerprint density at radius 1 is 1.22 bits per heavy atom. The highest BCUT2D eigenvalue weighted by molar-refractivity contribution is 6.33. The molecular formula is C16H19ClFN3O2. The number of nitrogens with zero attached hydrogens (tertiary/aromatic N) is 2. The highest BCUT2D eigenvalue weighted by atomic mass is 35.5. The SMILES string of the molecule is O=C(CN1CCN(C(=O)c2c(F)cccc2Cl)CC1)NC1CC1. The van der Waals surface area contributed by atoms with Gasteiger partial charge in [0.15, 0.2) is 0 Å². The van der Waals surface area contributed by atoms with Gasteiger partial charge in [-0.1, -0.05) is 17.7 Å². The van der Waals surface area contributed by atoms with Crippen LogP contribution in [-0.2, 0) is 4.79 Å². The van der Waals surface area contributed by atoms with E-state index in [1.807, 2.05) is 4.90 Å². The zero-order chi connectivity index (χ0) is 16.4. The Bertz CT molecular complexity index is 593. The molecule has 3 rings (SSSR count). The maximum Gasteiger partial charge on any atom is 0.258 e. The van der Waals surface area contributed by atoms with Gasteiger partial charge in [0.25, 0.3) is 5.91 Å². The van der Waals surface area contributed by atoms with Crippen LogP contribution in [0.4, 0.5) is 4.39 Å². The van der Waals surface area contributed by atoms with E-state index in [4.69, 9.17) is 11.6 Å². The van der Waals surface area contributed by atoms with E-state index in [-0.39, 0.29) is 16.5 Å². The summed E-state index contributed by atoms with van der Waals surface area (Å²) in [7, 11) is 0. The van der Waals surface area contributed by atoms with Gasteiger partial charge in [0, 0.05) is 32.2 Å². The number of rotatable bonds is 4. The molecule has 1 aliphatic carbocycles. The number of halogens is 2. The molecular weight excluding hydrogens is 321 g/mol. The monoisotopic (exact) mass is 339 g/mol. The van der Waals surface area contributed by atoms with Crippen molar-refractivity contribution < 1.29 is 14.0 Å². The number of carbonyl (C=O) groups excluding carboxylic acids is 2. The minimum Gasteiger partial charge on any atom is -0.352 e. The molecule has 1 aromatic rings. The average Bonchev–Trinajstić information content (AvgIpc) is 3.31. The van der Waals surface area contributed by atoms with Crippen molar-refractivity contribution in [2.24, 2.45) is 0 Å². The Labute approximate surface area is 139 Å². The van der Waals surface area contributed by atoms with Gasteiger partial charge >= 0.3 is 0 Å². The second-order valence-electron chi connectivity index (χ2n) is 6.01. The Hall–Kier alpha value is -1.66. The molecule has 0 atom stereocenters. The highest BCUT2D eigenvalue weighted by Gasteiger charge is 2.28. The molecule has 1 saturated carbocycles. The summed E-state index contributed by atoms with van der Waals surface area (Å²) in [6, 6.07) is 4.58. The standard InChI is InChI=1S/C16H19ClFN3O2/c17-12-2-1-3-13(18)15(12)16(23)21-8-6-20(7-9-21)10-14(22)19-11-4-5-11/h1-3,11H,4-10H2,(H,19,22). The van der Waals surface area contributed by atoms with Gasteiger partial charge in [-0.3, -0.25) is 14.5 Å². The second-order valence-corrected chi connectivity index (χ2v) is 6.41. The third-order valence-corrected chi connectivity index (χ3v) is 4.46. The summed E-state index contributed by atoms with van der Waals surface area (Å²) in [6.07, 6.45) is 2.13. The van der Waals surface area contributed by atoms with Gasteiger partial charge in [0.05, 0.1) is 17.1 Å². The van der Waals surface area contributed by atoms with Gasteiger partial charge < -0.3 is 10.2 Å². The van der Waals surface area contributed by atoms with E-state index < -0.39 is 11.7 Å². The van der Waals surface area contributed by atoms with Crippen molar-refractivity contribution in [3.05, 3.63) is 34.6 Å². The molecule has 1 N–H and O–H groups in total. The first-order chi connectivity index (χ1) is 11.0. The fourth-order valence-corrected chi connectivity index (χ4v) is 2.92. The van der Waals surface area contributed by atoms with Crippen LogP contribution in [0.2, 0.25) is 5.02 Å². The predicted molar refractivity (Wildman–Crippen MR) is 84.9 cm³/mol. The molecule has 2 fully saturated rings. The smallest absolute Gasteiger partial charge is 0.258 e. The largest absolute Gasteiger partial charge is 0.352 e. The lowest BCUT2D eigenvalue weighted by Crippen LogP contribution is -2.51. The molecule has 0 bridgehead atoms. The van der Waals surface area contributed by atoms with Crippen LogP contribution in [-0.4, -0.2) is 60.4 Å². The summed E-state index contributed by atoms with van der Waals surface area (Å²) >= 11 is 5.94. The lowest BCUT2D eigenvalue weighted by atomic mass is 10.1. The second kappa shape index (κ2) is 6.84. The summed E-state index contributed by atoms with van der Waals surface area (Å²) in [5.41, 5.74) is -0.0749. The molecule has 124 valence electrons. The van der Waals surface area contributed by atoms with Crippen LogP contribution in [0.25, 0.3) is 0 Å². The zero-order valence-electron chi connectivity index (χ0n) is 12.7. The van der Waals surface area contributed by atoms with Crippen molar-refractivity contribution in [3.63, 3.8) is 0 Å². The van der Waals surface area contributed by atoms with Gasteiger partial charge in [-0.15, -0.1) is 0 Å². The first-order valence-electron chi connectivity index (χ1n) is 7.79. The number of hydrogen-bond donors (Lipinski definition) is 1. The number of carbonyl (C=O) groups is 2. The Kier molecular flexibility index (Phi) is 4.82. The molecule has 0 aromatic heterocycles.